The lowest BCUT2D eigenvalue weighted by Crippen LogP contribution is -2.16. The van der Waals surface area contributed by atoms with E-state index in [2.05, 4.69) is 164 Å². The second kappa shape index (κ2) is 12.4. The van der Waals surface area contributed by atoms with Crippen molar-refractivity contribution in [2.24, 2.45) is 0 Å². The molecule has 0 spiro atoms. The van der Waals surface area contributed by atoms with Gasteiger partial charge in [0.25, 0.3) is 0 Å². The molecule has 0 radical (unpaired) electrons. The second-order valence-corrected chi connectivity index (χ2v) is 15.2. The van der Waals surface area contributed by atoms with Crippen LogP contribution in [0.3, 0.4) is 0 Å². The van der Waals surface area contributed by atoms with Crippen LogP contribution in [0.5, 0.6) is 0 Å². The Morgan fingerprint density at radius 3 is 1.79 bits per heavy atom. The molecule has 11 rings (SSSR count). The quantitative estimate of drug-likeness (QED) is 0.171. The van der Waals surface area contributed by atoms with Gasteiger partial charge in [0.05, 0.1) is 0 Å². The predicted molar refractivity (Wildman–Crippen MR) is 230 cm³/mol. The SMILES string of the molecule is CC1(C)c2ccccc2-c2ccc(N(c3ccc(-c4ccccc4)cc3)c3ccc4oc5ccc(-c6ccc7nc(-c8ccccc8)oc7c6)cc5c4c3)cc21. The summed E-state index contributed by atoms with van der Waals surface area (Å²) >= 11 is 0. The van der Waals surface area contributed by atoms with Crippen LogP contribution in [0.1, 0.15) is 25.0 Å². The van der Waals surface area contributed by atoms with Gasteiger partial charge in [0, 0.05) is 38.8 Å². The predicted octanol–water partition coefficient (Wildman–Crippen LogP) is 14.5. The summed E-state index contributed by atoms with van der Waals surface area (Å²) in [6.07, 6.45) is 0. The number of nitrogens with zero attached hydrogens (tertiary/aromatic N) is 2. The van der Waals surface area contributed by atoms with Crippen LogP contribution in [0, 0.1) is 0 Å². The van der Waals surface area contributed by atoms with Crippen molar-refractivity contribution in [3.05, 3.63) is 193 Å². The van der Waals surface area contributed by atoms with E-state index in [0.29, 0.717) is 5.89 Å². The van der Waals surface area contributed by atoms with Gasteiger partial charge in [-0.05, 0) is 123 Å². The van der Waals surface area contributed by atoms with E-state index in [1.54, 1.807) is 0 Å². The summed E-state index contributed by atoms with van der Waals surface area (Å²) in [5.41, 5.74) is 17.2. The third kappa shape index (κ3) is 5.18. The maximum absolute atomic E-state index is 6.45. The molecule has 8 aromatic carbocycles. The minimum absolute atomic E-state index is 0.121. The Morgan fingerprint density at radius 1 is 0.411 bits per heavy atom. The fourth-order valence-corrected chi connectivity index (χ4v) is 8.60. The second-order valence-electron chi connectivity index (χ2n) is 15.2. The van der Waals surface area contributed by atoms with Crippen LogP contribution in [0.2, 0.25) is 0 Å². The van der Waals surface area contributed by atoms with Crippen LogP contribution in [0.15, 0.2) is 191 Å². The first-order valence-corrected chi connectivity index (χ1v) is 19.1. The number of hydrogen-bond acceptors (Lipinski definition) is 4. The molecule has 1 aliphatic carbocycles. The largest absolute Gasteiger partial charge is 0.456 e. The number of benzene rings is 8. The van der Waals surface area contributed by atoms with Gasteiger partial charge in [0.1, 0.15) is 16.7 Å². The average Bonchev–Trinajstić information content (AvgIpc) is 3.91. The van der Waals surface area contributed by atoms with Crippen molar-refractivity contribution in [2.75, 3.05) is 4.90 Å². The number of aromatic nitrogens is 1. The highest BCUT2D eigenvalue weighted by Gasteiger charge is 2.35. The Hall–Kier alpha value is -7.17. The first kappa shape index (κ1) is 32.3. The van der Waals surface area contributed by atoms with Crippen LogP contribution in [-0.4, -0.2) is 4.98 Å². The third-order valence-electron chi connectivity index (χ3n) is 11.5. The van der Waals surface area contributed by atoms with E-state index in [4.69, 9.17) is 13.8 Å². The van der Waals surface area contributed by atoms with Gasteiger partial charge in [0.2, 0.25) is 5.89 Å². The zero-order valence-electron chi connectivity index (χ0n) is 31.0. The molecule has 56 heavy (non-hydrogen) atoms. The van der Waals surface area contributed by atoms with E-state index in [1.165, 1.54) is 33.4 Å². The Morgan fingerprint density at radius 2 is 0.982 bits per heavy atom. The normalized spacial score (nSPS) is 13.0. The minimum atomic E-state index is -0.121. The van der Waals surface area contributed by atoms with Crippen LogP contribution < -0.4 is 4.90 Å². The van der Waals surface area contributed by atoms with E-state index in [9.17, 15) is 0 Å². The maximum Gasteiger partial charge on any atom is 0.227 e. The van der Waals surface area contributed by atoms with Crippen molar-refractivity contribution in [3.8, 4) is 44.8 Å². The third-order valence-corrected chi connectivity index (χ3v) is 11.5. The molecule has 0 aliphatic heterocycles. The summed E-state index contributed by atoms with van der Waals surface area (Å²) in [6, 6.07) is 64.4. The molecular weight excluding hydrogens is 685 g/mol. The van der Waals surface area contributed by atoms with Gasteiger partial charge in [-0.3, -0.25) is 0 Å². The number of oxazole rings is 1. The molecule has 0 saturated carbocycles. The molecule has 0 bridgehead atoms. The number of anilines is 3. The highest BCUT2D eigenvalue weighted by Crippen LogP contribution is 2.51. The molecular formula is C52H36N2O2. The van der Waals surface area contributed by atoms with E-state index < -0.39 is 0 Å². The number of fused-ring (bicyclic) bond motifs is 7. The Balaban J connectivity index is 1.03. The molecule has 2 heterocycles. The monoisotopic (exact) mass is 720 g/mol. The number of rotatable bonds is 6. The maximum atomic E-state index is 6.45. The number of furan rings is 1. The summed E-state index contributed by atoms with van der Waals surface area (Å²) in [7, 11) is 0. The molecule has 4 heteroatoms. The van der Waals surface area contributed by atoms with Crippen LogP contribution in [-0.2, 0) is 5.41 Å². The first-order valence-electron chi connectivity index (χ1n) is 19.1. The van der Waals surface area contributed by atoms with Gasteiger partial charge < -0.3 is 13.7 Å². The molecule has 0 unspecified atom stereocenters. The van der Waals surface area contributed by atoms with Crippen molar-refractivity contribution in [1.82, 2.24) is 4.98 Å². The molecule has 1 aliphatic rings. The summed E-state index contributed by atoms with van der Waals surface area (Å²) in [4.78, 5) is 7.12. The highest BCUT2D eigenvalue weighted by atomic mass is 16.3. The first-order chi connectivity index (χ1) is 27.5. The van der Waals surface area contributed by atoms with Crippen LogP contribution in [0.25, 0.3) is 77.9 Å². The van der Waals surface area contributed by atoms with Crippen molar-refractivity contribution in [1.29, 1.82) is 0 Å². The Kier molecular flexibility index (Phi) is 7.17. The van der Waals surface area contributed by atoms with Crippen LogP contribution >= 0.6 is 0 Å². The lowest BCUT2D eigenvalue weighted by molar-refractivity contribution is 0.620. The lowest BCUT2D eigenvalue weighted by Gasteiger charge is -2.28. The zero-order chi connectivity index (χ0) is 37.4. The molecule has 0 fully saturated rings. The van der Waals surface area contributed by atoms with E-state index in [1.807, 2.05) is 36.4 Å². The fourth-order valence-electron chi connectivity index (χ4n) is 8.60. The number of hydrogen-bond donors (Lipinski definition) is 0. The molecule has 0 saturated heterocycles. The van der Waals surface area contributed by atoms with Crippen molar-refractivity contribution >= 4 is 50.1 Å². The summed E-state index contributed by atoms with van der Waals surface area (Å²) in [5.74, 6) is 0.622. The van der Waals surface area contributed by atoms with Gasteiger partial charge >= 0.3 is 0 Å². The molecule has 0 N–H and O–H groups in total. The van der Waals surface area contributed by atoms with Gasteiger partial charge in [0.15, 0.2) is 5.58 Å². The van der Waals surface area contributed by atoms with Crippen LogP contribution in [0.4, 0.5) is 17.1 Å². The molecule has 0 amide bonds. The molecule has 2 aromatic heterocycles. The van der Waals surface area contributed by atoms with E-state index in [-0.39, 0.29) is 5.41 Å². The highest BCUT2D eigenvalue weighted by molar-refractivity contribution is 6.08. The summed E-state index contributed by atoms with van der Waals surface area (Å²) in [6.45, 7) is 4.67. The molecule has 266 valence electrons. The van der Waals surface area contributed by atoms with Gasteiger partial charge in [-0.15, -0.1) is 0 Å². The van der Waals surface area contributed by atoms with Gasteiger partial charge in [-0.2, -0.15) is 0 Å². The minimum Gasteiger partial charge on any atom is -0.456 e. The lowest BCUT2D eigenvalue weighted by atomic mass is 9.82. The zero-order valence-corrected chi connectivity index (χ0v) is 31.0. The smallest absolute Gasteiger partial charge is 0.227 e. The Bertz CT molecular complexity index is 3100. The summed E-state index contributed by atoms with van der Waals surface area (Å²) in [5, 5.41) is 2.12. The fraction of sp³-hybridized carbons (Fsp3) is 0.0577. The molecule has 0 atom stereocenters. The van der Waals surface area contributed by atoms with Crippen molar-refractivity contribution < 1.29 is 8.83 Å². The molecule has 10 aromatic rings. The van der Waals surface area contributed by atoms with E-state index in [0.717, 1.165) is 66.8 Å². The average molecular weight is 721 g/mol. The van der Waals surface area contributed by atoms with Gasteiger partial charge in [-0.1, -0.05) is 117 Å². The standard InChI is InChI=1S/C52H36N2O2/c1-52(2)45-16-10-9-15-41(45)42-25-23-40(32-46(42)52)54(38-21-17-34(18-22-38)33-11-5-3-6-12-33)39-24-28-49-44(31-39)43-29-36(20-27-48(43)55-49)37-19-26-47-50(30-37)56-51(53-47)35-13-7-4-8-14-35/h3-32H,1-2H3. The topological polar surface area (TPSA) is 42.4 Å². The molecule has 4 nitrogen and oxygen atoms in total. The van der Waals surface area contributed by atoms with Crippen molar-refractivity contribution in [3.63, 3.8) is 0 Å². The van der Waals surface area contributed by atoms with Crippen molar-refractivity contribution in [2.45, 2.75) is 19.3 Å². The van der Waals surface area contributed by atoms with E-state index >= 15 is 0 Å². The Labute approximate surface area is 324 Å². The summed E-state index contributed by atoms with van der Waals surface area (Å²) < 4.78 is 12.7. The van der Waals surface area contributed by atoms with Gasteiger partial charge in [-0.25, -0.2) is 4.98 Å².